The number of nitrogens with zero attached hydrogens (tertiary/aromatic N) is 1. The predicted molar refractivity (Wildman–Crippen MR) is 80.8 cm³/mol. The highest BCUT2D eigenvalue weighted by Gasteiger charge is 2.13. The summed E-state index contributed by atoms with van der Waals surface area (Å²) in [5.74, 6) is -0.0504. The molecule has 1 atom stereocenters. The largest absolute Gasteiger partial charge is 0.397 e. The second-order valence-electron chi connectivity index (χ2n) is 4.63. The van der Waals surface area contributed by atoms with Crippen LogP contribution in [0.25, 0.3) is 0 Å². The van der Waals surface area contributed by atoms with E-state index in [0.717, 1.165) is 0 Å². The third kappa shape index (κ3) is 3.48. The van der Waals surface area contributed by atoms with E-state index >= 15 is 0 Å². The summed E-state index contributed by atoms with van der Waals surface area (Å²) < 4.78 is 0. The standard InChI is InChI=1S/C15H16ClN3O/c1-10(11-5-3-2-4-6-11)8-19-15(20)13-7-12(17)9-18-14(13)16/h2-7,9-10H,8,17H2,1H3,(H,19,20). The lowest BCUT2D eigenvalue weighted by Crippen LogP contribution is -2.28. The Morgan fingerprint density at radius 3 is 2.80 bits per heavy atom. The van der Waals surface area contributed by atoms with Gasteiger partial charge in [-0.25, -0.2) is 4.98 Å². The lowest BCUT2D eigenvalue weighted by Gasteiger charge is -2.13. The topological polar surface area (TPSA) is 68.0 Å². The van der Waals surface area contributed by atoms with Gasteiger partial charge in [-0.3, -0.25) is 4.79 Å². The molecule has 104 valence electrons. The van der Waals surface area contributed by atoms with E-state index in [9.17, 15) is 4.79 Å². The fourth-order valence-corrected chi connectivity index (χ4v) is 2.05. The quantitative estimate of drug-likeness (QED) is 0.851. The van der Waals surface area contributed by atoms with Crippen LogP contribution < -0.4 is 11.1 Å². The molecule has 5 heteroatoms. The first-order chi connectivity index (χ1) is 9.58. The van der Waals surface area contributed by atoms with Gasteiger partial charge >= 0.3 is 0 Å². The molecule has 0 bridgehead atoms. The van der Waals surface area contributed by atoms with Gasteiger partial charge in [0.15, 0.2) is 0 Å². The summed E-state index contributed by atoms with van der Waals surface area (Å²) in [7, 11) is 0. The molecule has 0 aliphatic carbocycles. The van der Waals surface area contributed by atoms with Crippen LogP contribution in [0.5, 0.6) is 0 Å². The molecule has 0 saturated carbocycles. The van der Waals surface area contributed by atoms with Gasteiger partial charge in [0.2, 0.25) is 0 Å². The van der Waals surface area contributed by atoms with Crippen molar-refractivity contribution in [2.45, 2.75) is 12.8 Å². The number of pyridine rings is 1. The summed E-state index contributed by atoms with van der Waals surface area (Å²) in [4.78, 5) is 15.9. The number of nitrogen functional groups attached to an aromatic ring is 1. The zero-order chi connectivity index (χ0) is 14.5. The molecule has 0 saturated heterocycles. The number of aromatic nitrogens is 1. The molecule has 4 nitrogen and oxygen atoms in total. The Balaban J connectivity index is 2.00. The molecule has 20 heavy (non-hydrogen) atoms. The maximum atomic E-state index is 12.1. The van der Waals surface area contributed by atoms with Crippen molar-refractivity contribution < 1.29 is 4.79 Å². The average molecular weight is 290 g/mol. The minimum atomic E-state index is -0.266. The van der Waals surface area contributed by atoms with Crippen molar-refractivity contribution in [1.29, 1.82) is 0 Å². The molecule has 0 radical (unpaired) electrons. The van der Waals surface area contributed by atoms with Gasteiger partial charge in [0.1, 0.15) is 5.15 Å². The van der Waals surface area contributed by atoms with Crippen LogP contribution >= 0.6 is 11.6 Å². The van der Waals surface area contributed by atoms with Gasteiger partial charge in [-0.05, 0) is 17.5 Å². The van der Waals surface area contributed by atoms with Crippen LogP contribution in [-0.2, 0) is 0 Å². The lowest BCUT2D eigenvalue weighted by molar-refractivity contribution is 0.0951. The molecule has 1 heterocycles. The number of anilines is 1. The molecule has 0 fully saturated rings. The molecule has 1 aromatic heterocycles. The Hall–Kier alpha value is -2.07. The van der Waals surface area contributed by atoms with Gasteiger partial charge in [0.25, 0.3) is 5.91 Å². The van der Waals surface area contributed by atoms with E-state index in [1.54, 1.807) is 0 Å². The van der Waals surface area contributed by atoms with Crippen LogP contribution in [0.4, 0.5) is 5.69 Å². The van der Waals surface area contributed by atoms with Gasteiger partial charge in [-0.1, -0.05) is 48.9 Å². The zero-order valence-electron chi connectivity index (χ0n) is 11.1. The van der Waals surface area contributed by atoms with E-state index in [1.165, 1.54) is 17.8 Å². The minimum absolute atomic E-state index is 0.157. The lowest BCUT2D eigenvalue weighted by atomic mass is 10.0. The van der Waals surface area contributed by atoms with Crippen molar-refractivity contribution >= 4 is 23.2 Å². The van der Waals surface area contributed by atoms with Crippen LogP contribution in [0.3, 0.4) is 0 Å². The summed E-state index contributed by atoms with van der Waals surface area (Å²) in [5.41, 5.74) is 7.49. The number of carbonyl (C=O) groups excluding carboxylic acids is 1. The van der Waals surface area contributed by atoms with Gasteiger partial charge in [-0.2, -0.15) is 0 Å². The van der Waals surface area contributed by atoms with Gasteiger partial charge < -0.3 is 11.1 Å². The van der Waals surface area contributed by atoms with Gasteiger partial charge in [-0.15, -0.1) is 0 Å². The summed E-state index contributed by atoms with van der Waals surface area (Å²) in [6.45, 7) is 2.57. The molecule has 1 amide bonds. The van der Waals surface area contributed by atoms with Crippen LogP contribution in [0, 0.1) is 0 Å². The van der Waals surface area contributed by atoms with Crippen LogP contribution in [0.15, 0.2) is 42.6 Å². The zero-order valence-corrected chi connectivity index (χ0v) is 11.9. The van der Waals surface area contributed by atoms with Gasteiger partial charge in [0.05, 0.1) is 17.4 Å². The maximum absolute atomic E-state index is 12.1. The van der Waals surface area contributed by atoms with E-state index in [0.29, 0.717) is 17.8 Å². The summed E-state index contributed by atoms with van der Waals surface area (Å²) in [6, 6.07) is 11.5. The highest BCUT2D eigenvalue weighted by molar-refractivity contribution is 6.32. The number of rotatable bonds is 4. The van der Waals surface area contributed by atoms with Crippen LogP contribution in [0.1, 0.15) is 28.8 Å². The average Bonchev–Trinajstić information content (AvgIpc) is 2.47. The fourth-order valence-electron chi connectivity index (χ4n) is 1.86. The molecule has 1 aromatic carbocycles. The second-order valence-corrected chi connectivity index (χ2v) is 4.99. The Morgan fingerprint density at radius 2 is 2.10 bits per heavy atom. The molecule has 2 aromatic rings. The number of nitrogens with one attached hydrogen (secondary N) is 1. The molecule has 3 N–H and O–H groups in total. The second kappa shape index (κ2) is 6.39. The minimum Gasteiger partial charge on any atom is -0.397 e. The number of benzene rings is 1. The summed E-state index contributed by atoms with van der Waals surface area (Å²) in [6.07, 6.45) is 1.42. The third-order valence-electron chi connectivity index (χ3n) is 3.04. The third-order valence-corrected chi connectivity index (χ3v) is 3.34. The number of halogens is 1. The number of carbonyl (C=O) groups is 1. The Labute approximate surface area is 123 Å². The van der Waals surface area contributed by atoms with E-state index in [2.05, 4.69) is 17.2 Å². The van der Waals surface area contributed by atoms with E-state index in [1.807, 2.05) is 30.3 Å². The molecule has 2 rings (SSSR count). The molecule has 0 aliphatic heterocycles. The van der Waals surface area contributed by atoms with E-state index < -0.39 is 0 Å². The number of nitrogens with two attached hydrogens (primary N) is 1. The predicted octanol–water partition coefficient (Wildman–Crippen LogP) is 2.85. The maximum Gasteiger partial charge on any atom is 0.254 e. The number of hydrogen-bond donors (Lipinski definition) is 2. The summed E-state index contributed by atoms with van der Waals surface area (Å²) >= 11 is 5.90. The monoisotopic (exact) mass is 289 g/mol. The van der Waals surface area contributed by atoms with E-state index in [4.69, 9.17) is 17.3 Å². The Kier molecular flexibility index (Phi) is 4.58. The van der Waals surface area contributed by atoms with Crippen molar-refractivity contribution in [2.75, 3.05) is 12.3 Å². The first kappa shape index (κ1) is 14.3. The first-order valence-electron chi connectivity index (χ1n) is 6.32. The fraction of sp³-hybridized carbons (Fsp3) is 0.200. The highest BCUT2D eigenvalue weighted by atomic mass is 35.5. The molecule has 0 aliphatic rings. The van der Waals surface area contributed by atoms with Crippen LogP contribution in [0.2, 0.25) is 5.15 Å². The smallest absolute Gasteiger partial charge is 0.254 e. The SMILES string of the molecule is CC(CNC(=O)c1cc(N)cnc1Cl)c1ccccc1. The molecular weight excluding hydrogens is 274 g/mol. The van der Waals surface area contributed by atoms with Crippen molar-refractivity contribution in [3.63, 3.8) is 0 Å². The van der Waals surface area contributed by atoms with Gasteiger partial charge in [0, 0.05) is 6.54 Å². The van der Waals surface area contributed by atoms with Crippen molar-refractivity contribution in [2.24, 2.45) is 0 Å². The van der Waals surface area contributed by atoms with Crippen molar-refractivity contribution in [3.05, 3.63) is 58.9 Å². The number of hydrogen-bond acceptors (Lipinski definition) is 3. The highest BCUT2D eigenvalue weighted by Crippen LogP contribution is 2.17. The van der Waals surface area contributed by atoms with Crippen LogP contribution in [-0.4, -0.2) is 17.4 Å². The molecular formula is C15H16ClN3O. The molecule has 1 unspecified atom stereocenters. The Bertz CT molecular complexity index is 601. The van der Waals surface area contributed by atoms with Crippen molar-refractivity contribution in [1.82, 2.24) is 10.3 Å². The molecule has 0 spiro atoms. The Morgan fingerprint density at radius 1 is 1.40 bits per heavy atom. The normalized spacial score (nSPS) is 11.9. The van der Waals surface area contributed by atoms with E-state index in [-0.39, 0.29) is 17.0 Å². The summed E-state index contributed by atoms with van der Waals surface area (Å²) in [5, 5.41) is 3.00. The number of amides is 1. The first-order valence-corrected chi connectivity index (χ1v) is 6.70. The van der Waals surface area contributed by atoms with Crippen molar-refractivity contribution in [3.8, 4) is 0 Å².